The summed E-state index contributed by atoms with van der Waals surface area (Å²) in [7, 11) is 0. The van der Waals surface area contributed by atoms with E-state index in [0.29, 0.717) is 11.6 Å². The van der Waals surface area contributed by atoms with Crippen molar-refractivity contribution in [2.75, 3.05) is 31.5 Å². The second-order valence-corrected chi connectivity index (χ2v) is 6.53. The zero-order chi connectivity index (χ0) is 16.8. The van der Waals surface area contributed by atoms with Crippen molar-refractivity contribution in [1.29, 1.82) is 0 Å². The van der Waals surface area contributed by atoms with Crippen LogP contribution in [0.4, 0.5) is 14.9 Å². The lowest BCUT2D eigenvalue weighted by atomic mass is 9.99. The average Bonchev–Trinajstić information content (AvgIpc) is 2.51. The van der Waals surface area contributed by atoms with E-state index in [2.05, 4.69) is 22.5 Å². The van der Waals surface area contributed by atoms with Gasteiger partial charge in [0.15, 0.2) is 0 Å². The summed E-state index contributed by atoms with van der Waals surface area (Å²) in [5.74, 6) is 0.174. The molecule has 23 heavy (non-hydrogen) atoms. The lowest BCUT2D eigenvalue weighted by Gasteiger charge is -2.31. The number of likely N-dealkylation sites (tertiary alicyclic amines) is 1. The Kier molecular flexibility index (Phi) is 6.62. The van der Waals surface area contributed by atoms with E-state index in [9.17, 15) is 14.3 Å². The number of nitrogens with zero attached hydrogens (tertiary/aromatic N) is 1. The number of piperidine rings is 1. The van der Waals surface area contributed by atoms with Gasteiger partial charge in [0.2, 0.25) is 0 Å². The Morgan fingerprint density at radius 3 is 2.87 bits per heavy atom. The molecule has 0 spiro atoms. The summed E-state index contributed by atoms with van der Waals surface area (Å²) in [4.78, 5) is 14.0. The summed E-state index contributed by atoms with van der Waals surface area (Å²) >= 11 is 5.76. The van der Waals surface area contributed by atoms with Crippen LogP contribution in [-0.2, 0) is 0 Å². The Labute approximate surface area is 140 Å². The van der Waals surface area contributed by atoms with Crippen molar-refractivity contribution >= 4 is 23.3 Å². The molecule has 1 aromatic rings. The first-order chi connectivity index (χ1) is 10.9. The largest absolute Gasteiger partial charge is 0.390 e. The molecule has 5 nitrogen and oxygen atoms in total. The summed E-state index contributed by atoms with van der Waals surface area (Å²) in [6.07, 6.45) is 1.61. The summed E-state index contributed by atoms with van der Waals surface area (Å²) in [5.41, 5.74) is 0.00880. The van der Waals surface area contributed by atoms with Crippen LogP contribution in [0.5, 0.6) is 0 Å². The molecule has 1 atom stereocenters. The SMILES string of the molecule is CC1CCN(CC(O)CNC(=O)Nc2cc(Cl)ccc2F)CC1. The van der Waals surface area contributed by atoms with Crippen LogP contribution in [0, 0.1) is 11.7 Å². The third kappa shape index (κ3) is 5.97. The van der Waals surface area contributed by atoms with Gasteiger partial charge < -0.3 is 20.6 Å². The van der Waals surface area contributed by atoms with E-state index < -0.39 is 18.0 Å². The zero-order valence-electron chi connectivity index (χ0n) is 13.2. The maximum absolute atomic E-state index is 13.5. The van der Waals surface area contributed by atoms with Crippen molar-refractivity contribution in [3.63, 3.8) is 0 Å². The maximum atomic E-state index is 13.5. The highest BCUT2D eigenvalue weighted by Crippen LogP contribution is 2.19. The number of rotatable bonds is 5. The van der Waals surface area contributed by atoms with Gasteiger partial charge in [-0.2, -0.15) is 0 Å². The number of carbonyl (C=O) groups is 1. The first-order valence-corrected chi connectivity index (χ1v) is 8.22. The molecule has 1 fully saturated rings. The Morgan fingerprint density at radius 1 is 1.48 bits per heavy atom. The third-order valence-electron chi connectivity index (χ3n) is 4.02. The van der Waals surface area contributed by atoms with E-state index in [1.165, 1.54) is 18.2 Å². The molecule has 0 radical (unpaired) electrons. The second-order valence-electron chi connectivity index (χ2n) is 6.10. The number of amides is 2. The van der Waals surface area contributed by atoms with Gasteiger partial charge in [-0.3, -0.25) is 0 Å². The minimum atomic E-state index is -0.654. The van der Waals surface area contributed by atoms with Gasteiger partial charge in [0, 0.05) is 18.1 Å². The lowest BCUT2D eigenvalue weighted by Crippen LogP contribution is -2.43. The van der Waals surface area contributed by atoms with Crippen molar-refractivity contribution in [2.24, 2.45) is 5.92 Å². The topological polar surface area (TPSA) is 64.6 Å². The highest BCUT2D eigenvalue weighted by Gasteiger charge is 2.18. The van der Waals surface area contributed by atoms with Crippen LogP contribution >= 0.6 is 11.6 Å². The summed E-state index contributed by atoms with van der Waals surface area (Å²) in [5, 5.41) is 15.3. The second kappa shape index (κ2) is 8.47. The molecule has 128 valence electrons. The molecule has 0 aromatic heterocycles. The molecule has 0 aliphatic carbocycles. The molecule has 1 unspecified atom stereocenters. The minimum absolute atomic E-state index is 0.00880. The Bertz CT molecular complexity index is 536. The van der Waals surface area contributed by atoms with Crippen molar-refractivity contribution in [3.8, 4) is 0 Å². The molecule has 0 saturated carbocycles. The number of hydrogen-bond donors (Lipinski definition) is 3. The minimum Gasteiger partial charge on any atom is -0.390 e. The van der Waals surface area contributed by atoms with Crippen LogP contribution in [0.3, 0.4) is 0 Å². The fourth-order valence-corrected chi connectivity index (χ4v) is 2.75. The molecule has 1 heterocycles. The normalized spacial score (nSPS) is 17.7. The van der Waals surface area contributed by atoms with Gasteiger partial charge in [0.1, 0.15) is 5.82 Å². The molecule has 1 aliphatic rings. The Morgan fingerprint density at radius 2 is 2.17 bits per heavy atom. The number of benzene rings is 1. The van der Waals surface area contributed by atoms with Crippen LogP contribution in [0.25, 0.3) is 0 Å². The molecular formula is C16H23ClFN3O2. The lowest BCUT2D eigenvalue weighted by molar-refractivity contribution is 0.0924. The molecule has 0 bridgehead atoms. The fraction of sp³-hybridized carbons (Fsp3) is 0.562. The predicted octanol–water partition coefficient (Wildman–Crippen LogP) is 2.69. The van der Waals surface area contributed by atoms with E-state index in [1.807, 2.05) is 0 Å². The van der Waals surface area contributed by atoms with Crippen molar-refractivity contribution < 1.29 is 14.3 Å². The van der Waals surface area contributed by atoms with Gasteiger partial charge in [-0.15, -0.1) is 0 Å². The quantitative estimate of drug-likeness (QED) is 0.770. The number of hydrogen-bond acceptors (Lipinski definition) is 3. The van der Waals surface area contributed by atoms with Crippen molar-refractivity contribution in [2.45, 2.75) is 25.9 Å². The van der Waals surface area contributed by atoms with Crippen LogP contribution in [0.2, 0.25) is 5.02 Å². The number of nitrogens with one attached hydrogen (secondary N) is 2. The Hall–Kier alpha value is -1.37. The van der Waals surface area contributed by atoms with E-state index in [1.54, 1.807) is 0 Å². The van der Waals surface area contributed by atoms with E-state index in [0.717, 1.165) is 31.8 Å². The van der Waals surface area contributed by atoms with Gasteiger partial charge in [-0.1, -0.05) is 18.5 Å². The fourth-order valence-electron chi connectivity index (χ4n) is 2.58. The maximum Gasteiger partial charge on any atom is 0.319 e. The number of anilines is 1. The molecule has 7 heteroatoms. The zero-order valence-corrected chi connectivity index (χ0v) is 13.9. The number of halogens is 2. The summed E-state index contributed by atoms with van der Waals surface area (Å²) in [6.45, 7) is 4.81. The van der Waals surface area contributed by atoms with Gasteiger partial charge >= 0.3 is 6.03 Å². The molecule has 1 aromatic carbocycles. The molecule has 3 N–H and O–H groups in total. The smallest absolute Gasteiger partial charge is 0.319 e. The van der Waals surface area contributed by atoms with Gasteiger partial charge in [-0.05, 0) is 50.0 Å². The first kappa shape index (κ1) is 18.0. The van der Waals surface area contributed by atoms with Crippen molar-refractivity contribution in [1.82, 2.24) is 10.2 Å². The number of aliphatic hydroxyl groups is 1. The number of urea groups is 1. The highest BCUT2D eigenvalue weighted by molar-refractivity contribution is 6.30. The highest BCUT2D eigenvalue weighted by atomic mass is 35.5. The molecular weight excluding hydrogens is 321 g/mol. The van der Waals surface area contributed by atoms with E-state index in [-0.39, 0.29) is 12.2 Å². The summed E-state index contributed by atoms with van der Waals surface area (Å²) < 4.78 is 13.5. The van der Waals surface area contributed by atoms with Crippen LogP contribution in [-0.4, -0.2) is 48.3 Å². The summed E-state index contributed by atoms with van der Waals surface area (Å²) in [6, 6.07) is 3.35. The van der Waals surface area contributed by atoms with Crippen LogP contribution in [0.1, 0.15) is 19.8 Å². The molecule has 2 rings (SSSR count). The predicted molar refractivity (Wildman–Crippen MR) is 89.3 cm³/mol. The monoisotopic (exact) mass is 343 g/mol. The average molecular weight is 344 g/mol. The van der Waals surface area contributed by atoms with Gasteiger partial charge in [0.05, 0.1) is 11.8 Å². The van der Waals surface area contributed by atoms with Crippen LogP contribution in [0.15, 0.2) is 18.2 Å². The van der Waals surface area contributed by atoms with Gasteiger partial charge in [-0.25, -0.2) is 9.18 Å². The Balaban J connectivity index is 1.72. The molecule has 1 aliphatic heterocycles. The molecule has 1 saturated heterocycles. The first-order valence-electron chi connectivity index (χ1n) is 7.84. The number of carbonyl (C=O) groups excluding carboxylic acids is 1. The molecule has 2 amide bonds. The van der Waals surface area contributed by atoms with Gasteiger partial charge in [0.25, 0.3) is 0 Å². The third-order valence-corrected chi connectivity index (χ3v) is 4.26. The van der Waals surface area contributed by atoms with E-state index in [4.69, 9.17) is 11.6 Å². The standard InChI is InChI=1S/C16H23ClFN3O2/c1-11-4-6-21(7-5-11)10-13(22)9-19-16(23)20-15-8-12(17)2-3-14(15)18/h2-3,8,11,13,22H,4-7,9-10H2,1H3,(H2,19,20,23). The number of aliphatic hydroxyl groups excluding tert-OH is 1. The number of β-amino-alcohol motifs (C(OH)–C–C–N with tert-alkyl or cyclic N) is 1. The van der Waals surface area contributed by atoms with Crippen molar-refractivity contribution in [3.05, 3.63) is 29.0 Å². The van der Waals surface area contributed by atoms with Crippen LogP contribution < -0.4 is 10.6 Å². The van der Waals surface area contributed by atoms with E-state index >= 15 is 0 Å².